The zero-order chi connectivity index (χ0) is 14.4. The van der Waals surface area contributed by atoms with Gasteiger partial charge in [-0.25, -0.2) is 0 Å². The van der Waals surface area contributed by atoms with Crippen molar-refractivity contribution in [3.63, 3.8) is 0 Å². The number of ether oxygens (including phenoxy) is 1. The first-order chi connectivity index (χ1) is 8.95. The molecule has 106 valence electrons. The third-order valence-electron chi connectivity index (χ3n) is 3.25. The highest BCUT2D eigenvalue weighted by molar-refractivity contribution is 5.69. The van der Waals surface area contributed by atoms with Gasteiger partial charge in [0.25, 0.3) is 0 Å². The third kappa shape index (κ3) is 4.63. The SMILES string of the molecule is COC(=O)CCCNC(C)c1c(C)cc(C)nc1C. The second-order valence-electron chi connectivity index (χ2n) is 4.94. The van der Waals surface area contributed by atoms with Gasteiger partial charge in [0.1, 0.15) is 0 Å². The van der Waals surface area contributed by atoms with Crippen LogP contribution in [0.2, 0.25) is 0 Å². The molecule has 0 aliphatic rings. The number of aromatic nitrogens is 1. The second kappa shape index (κ2) is 7.24. The van der Waals surface area contributed by atoms with Crippen LogP contribution < -0.4 is 5.32 Å². The number of hydrogen-bond donors (Lipinski definition) is 1. The number of carbonyl (C=O) groups excluding carboxylic acids is 1. The molecule has 0 radical (unpaired) electrons. The van der Waals surface area contributed by atoms with Crippen LogP contribution in [0.1, 0.15) is 48.3 Å². The van der Waals surface area contributed by atoms with Crippen molar-refractivity contribution in [3.8, 4) is 0 Å². The first-order valence-electron chi connectivity index (χ1n) is 6.70. The number of rotatable bonds is 6. The number of esters is 1. The lowest BCUT2D eigenvalue weighted by molar-refractivity contribution is -0.140. The summed E-state index contributed by atoms with van der Waals surface area (Å²) in [6.07, 6.45) is 1.24. The van der Waals surface area contributed by atoms with Gasteiger partial charge in [-0.05, 0) is 57.9 Å². The molecule has 1 aromatic heterocycles. The number of nitrogens with one attached hydrogen (secondary N) is 1. The molecule has 0 aliphatic heterocycles. The third-order valence-corrected chi connectivity index (χ3v) is 3.25. The minimum atomic E-state index is -0.154. The van der Waals surface area contributed by atoms with Gasteiger partial charge in [0.2, 0.25) is 0 Å². The fourth-order valence-electron chi connectivity index (χ4n) is 2.44. The monoisotopic (exact) mass is 264 g/mol. The van der Waals surface area contributed by atoms with E-state index >= 15 is 0 Å². The quantitative estimate of drug-likeness (QED) is 0.634. The molecule has 1 N–H and O–H groups in total. The molecule has 0 bridgehead atoms. The normalized spacial score (nSPS) is 12.3. The highest BCUT2D eigenvalue weighted by Crippen LogP contribution is 2.21. The maximum absolute atomic E-state index is 11.0. The van der Waals surface area contributed by atoms with Crippen molar-refractivity contribution in [3.05, 3.63) is 28.6 Å². The van der Waals surface area contributed by atoms with E-state index in [9.17, 15) is 4.79 Å². The van der Waals surface area contributed by atoms with Crippen molar-refractivity contribution >= 4 is 5.97 Å². The summed E-state index contributed by atoms with van der Waals surface area (Å²) < 4.78 is 4.62. The topological polar surface area (TPSA) is 51.2 Å². The molecule has 0 amide bonds. The van der Waals surface area contributed by atoms with Gasteiger partial charge in [0.15, 0.2) is 0 Å². The maximum Gasteiger partial charge on any atom is 0.305 e. The Morgan fingerprint density at radius 1 is 1.42 bits per heavy atom. The summed E-state index contributed by atoms with van der Waals surface area (Å²) in [7, 11) is 1.42. The zero-order valence-electron chi connectivity index (χ0n) is 12.5. The van der Waals surface area contributed by atoms with Crippen molar-refractivity contribution in [2.24, 2.45) is 0 Å². The number of methoxy groups -OCH3 is 1. The van der Waals surface area contributed by atoms with E-state index in [2.05, 4.69) is 35.0 Å². The molecule has 0 saturated carbocycles. The van der Waals surface area contributed by atoms with Gasteiger partial charge < -0.3 is 10.1 Å². The Morgan fingerprint density at radius 2 is 2.11 bits per heavy atom. The predicted molar refractivity (Wildman–Crippen MR) is 76.1 cm³/mol. The highest BCUT2D eigenvalue weighted by Gasteiger charge is 2.12. The molecule has 1 heterocycles. The molecule has 0 aliphatic carbocycles. The molecule has 0 spiro atoms. The van der Waals surface area contributed by atoms with E-state index < -0.39 is 0 Å². The average Bonchev–Trinajstić information content (AvgIpc) is 2.33. The Balaban J connectivity index is 2.54. The smallest absolute Gasteiger partial charge is 0.305 e. The van der Waals surface area contributed by atoms with E-state index in [4.69, 9.17) is 0 Å². The summed E-state index contributed by atoms with van der Waals surface area (Å²) in [6, 6.07) is 2.35. The Kier molecular flexibility index (Phi) is 5.96. The summed E-state index contributed by atoms with van der Waals surface area (Å²) in [5.41, 5.74) is 4.64. The van der Waals surface area contributed by atoms with Crippen LogP contribution in [0.3, 0.4) is 0 Å². The molecule has 0 saturated heterocycles. The van der Waals surface area contributed by atoms with Crippen LogP contribution >= 0.6 is 0 Å². The van der Waals surface area contributed by atoms with Crippen LogP contribution in [-0.2, 0) is 9.53 Å². The number of nitrogens with zero attached hydrogens (tertiary/aromatic N) is 1. The van der Waals surface area contributed by atoms with Gasteiger partial charge in [-0.15, -0.1) is 0 Å². The zero-order valence-corrected chi connectivity index (χ0v) is 12.5. The van der Waals surface area contributed by atoms with Crippen molar-refractivity contribution in [2.75, 3.05) is 13.7 Å². The molecule has 19 heavy (non-hydrogen) atoms. The Morgan fingerprint density at radius 3 is 2.68 bits per heavy atom. The molecular formula is C15H24N2O2. The van der Waals surface area contributed by atoms with Crippen LogP contribution in [0.4, 0.5) is 0 Å². The van der Waals surface area contributed by atoms with Crippen molar-refractivity contribution in [2.45, 2.75) is 46.6 Å². The molecule has 1 atom stereocenters. The molecule has 1 rings (SSSR count). The first kappa shape index (κ1) is 15.6. The fraction of sp³-hybridized carbons (Fsp3) is 0.600. The summed E-state index contributed by atoms with van der Waals surface area (Å²) in [4.78, 5) is 15.5. The standard InChI is InChI=1S/C15H24N2O2/c1-10-9-11(2)17-13(4)15(10)12(3)16-8-6-7-14(18)19-5/h9,12,16H,6-8H2,1-5H3. The number of aryl methyl sites for hydroxylation is 3. The number of carbonyl (C=O) groups is 1. The highest BCUT2D eigenvalue weighted by atomic mass is 16.5. The van der Waals surface area contributed by atoms with Crippen LogP contribution in [0, 0.1) is 20.8 Å². The van der Waals surface area contributed by atoms with Crippen molar-refractivity contribution in [1.82, 2.24) is 10.3 Å². The van der Waals surface area contributed by atoms with Gasteiger partial charge in [0.05, 0.1) is 7.11 Å². The lowest BCUT2D eigenvalue weighted by Gasteiger charge is -2.19. The van der Waals surface area contributed by atoms with Crippen LogP contribution in [0.15, 0.2) is 6.07 Å². The lowest BCUT2D eigenvalue weighted by Crippen LogP contribution is -2.22. The predicted octanol–water partition coefficient (Wildman–Crippen LogP) is 2.61. The van der Waals surface area contributed by atoms with Gasteiger partial charge in [-0.3, -0.25) is 9.78 Å². The largest absolute Gasteiger partial charge is 0.469 e. The van der Waals surface area contributed by atoms with Crippen LogP contribution in [-0.4, -0.2) is 24.6 Å². The Bertz CT molecular complexity index is 421. The molecule has 1 unspecified atom stereocenters. The summed E-state index contributed by atoms with van der Waals surface area (Å²) in [5, 5.41) is 3.43. The number of hydrogen-bond acceptors (Lipinski definition) is 4. The van der Waals surface area contributed by atoms with Crippen LogP contribution in [0.5, 0.6) is 0 Å². The van der Waals surface area contributed by atoms with Crippen molar-refractivity contribution in [1.29, 1.82) is 0 Å². The minimum absolute atomic E-state index is 0.154. The maximum atomic E-state index is 11.0. The molecular weight excluding hydrogens is 240 g/mol. The average molecular weight is 264 g/mol. The van der Waals surface area contributed by atoms with Gasteiger partial charge in [-0.1, -0.05) is 0 Å². The molecule has 4 nitrogen and oxygen atoms in total. The van der Waals surface area contributed by atoms with Crippen molar-refractivity contribution < 1.29 is 9.53 Å². The van der Waals surface area contributed by atoms with Gasteiger partial charge in [0, 0.05) is 23.9 Å². The van der Waals surface area contributed by atoms with E-state index in [-0.39, 0.29) is 12.0 Å². The Labute approximate surface area is 115 Å². The van der Waals surface area contributed by atoms with E-state index in [0.29, 0.717) is 6.42 Å². The lowest BCUT2D eigenvalue weighted by atomic mass is 10.0. The fourth-order valence-corrected chi connectivity index (χ4v) is 2.44. The summed E-state index contributed by atoms with van der Waals surface area (Å²) in [6.45, 7) is 9.09. The second-order valence-corrected chi connectivity index (χ2v) is 4.94. The van der Waals surface area contributed by atoms with E-state index in [1.165, 1.54) is 18.2 Å². The minimum Gasteiger partial charge on any atom is -0.469 e. The van der Waals surface area contributed by atoms with Gasteiger partial charge in [-0.2, -0.15) is 0 Å². The molecule has 0 fully saturated rings. The first-order valence-corrected chi connectivity index (χ1v) is 6.70. The molecule has 0 aromatic carbocycles. The van der Waals surface area contributed by atoms with E-state index in [1.54, 1.807) is 0 Å². The van der Waals surface area contributed by atoms with Gasteiger partial charge >= 0.3 is 5.97 Å². The van der Waals surface area contributed by atoms with E-state index in [0.717, 1.165) is 24.4 Å². The van der Waals surface area contributed by atoms with Crippen LogP contribution in [0.25, 0.3) is 0 Å². The summed E-state index contributed by atoms with van der Waals surface area (Å²) in [5.74, 6) is -0.154. The summed E-state index contributed by atoms with van der Waals surface area (Å²) >= 11 is 0. The number of pyridine rings is 1. The van der Waals surface area contributed by atoms with E-state index in [1.807, 2.05) is 13.8 Å². The molecule has 4 heteroatoms. The molecule has 1 aromatic rings. The Hall–Kier alpha value is -1.42.